The van der Waals surface area contributed by atoms with Gasteiger partial charge in [-0.1, -0.05) is 23.2 Å². The molecular weight excluding hydrogens is 274 g/mol. The van der Waals surface area contributed by atoms with Gasteiger partial charge < -0.3 is 5.11 Å². The molecule has 5 nitrogen and oxygen atoms in total. The molecule has 0 aliphatic rings. The molecule has 0 saturated carbocycles. The number of aryl methyl sites for hydroxylation is 2. The summed E-state index contributed by atoms with van der Waals surface area (Å²) in [4.78, 5) is 12.1. The summed E-state index contributed by atoms with van der Waals surface area (Å²) in [5, 5.41) is 20.3. The zero-order valence-electron chi connectivity index (χ0n) is 11.1. The summed E-state index contributed by atoms with van der Waals surface area (Å²) < 4.78 is 0. The first kappa shape index (κ1) is 14.2. The van der Waals surface area contributed by atoms with E-state index in [1.807, 2.05) is 13.8 Å². The summed E-state index contributed by atoms with van der Waals surface area (Å²) in [5.41, 5.74) is 2.21. The lowest BCUT2D eigenvalue weighted by molar-refractivity contribution is 0.102. The lowest BCUT2D eigenvalue weighted by Crippen LogP contribution is -2.12. The van der Waals surface area contributed by atoms with Gasteiger partial charge in [-0.25, -0.2) is 0 Å². The zero-order chi connectivity index (χ0) is 14.5. The first-order valence-corrected chi connectivity index (χ1v) is 6.73. The largest absolute Gasteiger partial charge is 0.384 e. The van der Waals surface area contributed by atoms with Crippen LogP contribution in [0.3, 0.4) is 0 Å². The molecule has 1 aromatic heterocycles. The van der Waals surface area contributed by atoms with Crippen molar-refractivity contribution in [2.75, 3.05) is 11.9 Å². The first-order chi connectivity index (χ1) is 9.60. The summed E-state index contributed by atoms with van der Waals surface area (Å²) in [5.74, 6) is 5.18. The van der Waals surface area contributed by atoms with Crippen molar-refractivity contribution in [2.45, 2.75) is 13.8 Å². The minimum Gasteiger partial charge on any atom is -0.384 e. The number of hydrogen-bond acceptors (Lipinski definition) is 5. The van der Waals surface area contributed by atoms with Gasteiger partial charge in [0.1, 0.15) is 11.6 Å². The summed E-state index contributed by atoms with van der Waals surface area (Å²) in [7, 11) is 0. The molecule has 2 aromatic rings. The molecule has 20 heavy (non-hydrogen) atoms. The molecular formula is C14H13N3O2S. The monoisotopic (exact) mass is 287 g/mol. The van der Waals surface area contributed by atoms with E-state index in [4.69, 9.17) is 5.11 Å². The fourth-order valence-corrected chi connectivity index (χ4v) is 2.18. The van der Waals surface area contributed by atoms with Crippen LogP contribution in [0.4, 0.5) is 5.13 Å². The predicted octanol–water partition coefficient (Wildman–Crippen LogP) is 1.75. The molecule has 1 heterocycles. The van der Waals surface area contributed by atoms with Gasteiger partial charge in [0.15, 0.2) is 0 Å². The van der Waals surface area contributed by atoms with Gasteiger partial charge in [0, 0.05) is 11.1 Å². The van der Waals surface area contributed by atoms with Crippen molar-refractivity contribution in [3.05, 3.63) is 39.9 Å². The Morgan fingerprint density at radius 3 is 2.80 bits per heavy atom. The Morgan fingerprint density at radius 1 is 1.40 bits per heavy atom. The molecule has 0 atom stereocenters. The SMILES string of the molecule is Cc1nnc(NC(=O)c2ccc(C#CCO)c(C)c2)s1. The van der Waals surface area contributed by atoms with E-state index >= 15 is 0 Å². The average molecular weight is 287 g/mol. The van der Waals surface area contributed by atoms with Crippen LogP contribution in [0.25, 0.3) is 0 Å². The lowest BCUT2D eigenvalue weighted by atomic mass is 10.1. The highest BCUT2D eigenvalue weighted by atomic mass is 32.1. The lowest BCUT2D eigenvalue weighted by Gasteiger charge is -2.04. The number of aliphatic hydroxyl groups is 1. The standard InChI is InChI=1S/C14H13N3O2S/c1-9-8-12(6-5-11(9)4-3-7-18)13(19)15-14-17-16-10(2)20-14/h5-6,8,18H,7H2,1-2H3,(H,15,17,19). The molecule has 6 heteroatoms. The quantitative estimate of drug-likeness (QED) is 0.825. The average Bonchev–Trinajstić information content (AvgIpc) is 2.82. The number of rotatable bonds is 2. The molecule has 0 spiro atoms. The predicted molar refractivity (Wildman–Crippen MR) is 77.7 cm³/mol. The number of hydrogen-bond donors (Lipinski definition) is 2. The number of nitrogens with zero attached hydrogens (tertiary/aromatic N) is 2. The molecule has 1 amide bonds. The Kier molecular flexibility index (Phi) is 4.45. The van der Waals surface area contributed by atoms with E-state index in [-0.39, 0.29) is 12.5 Å². The number of aliphatic hydroxyl groups excluding tert-OH is 1. The van der Waals surface area contributed by atoms with Crippen LogP contribution in [0, 0.1) is 25.7 Å². The third-order valence-corrected chi connectivity index (χ3v) is 3.29. The van der Waals surface area contributed by atoms with Crippen LogP contribution in [0.1, 0.15) is 26.5 Å². The fraction of sp³-hybridized carbons (Fsp3) is 0.214. The van der Waals surface area contributed by atoms with Crippen molar-refractivity contribution in [1.29, 1.82) is 0 Å². The van der Waals surface area contributed by atoms with Crippen molar-refractivity contribution in [3.63, 3.8) is 0 Å². The third-order valence-electron chi connectivity index (χ3n) is 2.54. The number of carbonyl (C=O) groups excluding carboxylic acids is 1. The van der Waals surface area contributed by atoms with Crippen LogP contribution < -0.4 is 5.32 Å². The van der Waals surface area contributed by atoms with Gasteiger partial charge in [0.05, 0.1) is 0 Å². The van der Waals surface area contributed by atoms with Gasteiger partial charge in [-0.2, -0.15) is 0 Å². The Hall–Kier alpha value is -2.23. The maximum atomic E-state index is 12.1. The van der Waals surface area contributed by atoms with E-state index in [0.717, 1.165) is 16.1 Å². The van der Waals surface area contributed by atoms with E-state index in [9.17, 15) is 4.79 Å². The molecule has 0 fully saturated rings. The number of aromatic nitrogens is 2. The van der Waals surface area contributed by atoms with Crippen LogP contribution in [-0.4, -0.2) is 27.8 Å². The van der Waals surface area contributed by atoms with Crippen LogP contribution in [-0.2, 0) is 0 Å². The molecule has 0 aliphatic carbocycles. The summed E-state index contributed by atoms with van der Waals surface area (Å²) >= 11 is 1.32. The highest BCUT2D eigenvalue weighted by molar-refractivity contribution is 7.15. The fourth-order valence-electron chi connectivity index (χ4n) is 1.60. The molecule has 0 unspecified atom stereocenters. The van der Waals surface area contributed by atoms with E-state index in [0.29, 0.717) is 10.7 Å². The van der Waals surface area contributed by atoms with Crippen LogP contribution in [0.15, 0.2) is 18.2 Å². The molecule has 2 N–H and O–H groups in total. The van der Waals surface area contributed by atoms with Gasteiger partial charge in [-0.3, -0.25) is 10.1 Å². The summed E-state index contributed by atoms with van der Waals surface area (Å²) in [6, 6.07) is 5.21. The molecule has 0 saturated heterocycles. The number of benzene rings is 1. The van der Waals surface area contributed by atoms with E-state index in [1.54, 1.807) is 18.2 Å². The summed E-state index contributed by atoms with van der Waals surface area (Å²) in [6.45, 7) is 3.51. The van der Waals surface area contributed by atoms with Gasteiger partial charge >= 0.3 is 0 Å². The molecule has 0 radical (unpaired) electrons. The third kappa shape index (κ3) is 3.41. The van der Waals surface area contributed by atoms with E-state index in [2.05, 4.69) is 27.4 Å². The van der Waals surface area contributed by atoms with Gasteiger partial charge in [-0.05, 0) is 37.6 Å². The summed E-state index contributed by atoms with van der Waals surface area (Å²) in [6.07, 6.45) is 0. The molecule has 0 bridgehead atoms. The first-order valence-electron chi connectivity index (χ1n) is 5.92. The van der Waals surface area contributed by atoms with Crippen molar-refractivity contribution < 1.29 is 9.90 Å². The smallest absolute Gasteiger partial charge is 0.257 e. The normalized spacial score (nSPS) is 9.75. The Bertz CT molecular complexity index is 698. The van der Waals surface area contributed by atoms with Crippen molar-refractivity contribution >= 4 is 22.4 Å². The minimum atomic E-state index is -0.231. The van der Waals surface area contributed by atoms with Gasteiger partial charge in [0.2, 0.25) is 5.13 Å². The van der Waals surface area contributed by atoms with Crippen LogP contribution in [0.5, 0.6) is 0 Å². The Morgan fingerprint density at radius 2 is 2.20 bits per heavy atom. The molecule has 0 aliphatic heterocycles. The van der Waals surface area contributed by atoms with Crippen LogP contribution in [0.2, 0.25) is 0 Å². The zero-order valence-corrected chi connectivity index (χ0v) is 11.9. The second kappa shape index (κ2) is 6.28. The van der Waals surface area contributed by atoms with Gasteiger partial charge in [-0.15, -0.1) is 10.2 Å². The number of carbonyl (C=O) groups is 1. The van der Waals surface area contributed by atoms with Crippen molar-refractivity contribution in [2.24, 2.45) is 0 Å². The number of amides is 1. The minimum absolute atomic E-state index is 0.182. The second-order valence-electron chi connectivity index (χ2n) is 4.07. The Labute approximate surface area is 120 Å². The van der Waals surface area contributed by atoms with Crippen LogP contribution >= 0.6 is 11.3 Å². The van der Waals surface area contributed by atoms with Crippen molar-refractivity contribution in [3.8, 4) is 11.8 Å². The van der Waals surface area contributed by atoms with E-state index in [1.165, 1.54) is 11.3 Å². The number of anilines is 1. The maximum absolute atomic E-state index is 12.1. The molecule has 102 valence electrons. The topological polar surface area (TPSA) is 75.1 Å². The Balaban J connectivity index is 2.16. The van der Waals surface area contributed by atoms with Gasteiger partial charge in [0.25, 0.3) is 5.91 Å². The van der Waals surface area contributed by atoms with E-state index < -0.39 is 0 Å². The molecule has 2 rings (SSSR count). The number of nitrogens with one attached hydrogen (secondary N) is 1. The molecule has 1 aromatic carbocycles. The highest BCUT2D eigenvalue weighted by Gasteiger charge is 2.10. The second-order valence-corrected chi connectivity index (χ2v) is 5.25. The highest BCUT2D eigenvalue weighted by Crippen LogP contribution is 2.16. The maximum Gasteiger partial charge on any atom is 0.257 e. The van der Waals surface area contributed by atoms with Crippen molar-refractivity contribution in [1.82, 2.24) is 10.2 Å².